The van der Waals surface area contributed by atoms with Gasteiger partial charge in [0.15, 0.2) is 0 Å². The van der Waals surface area contributed by atoms with E-state index >= 15 is 0 Å². The Morgan fingerprint density at radius 2 is 1.94 bits per heavy atom. The van der Waals surface area contributed by atoms with Crippen LogP contribution in [0.5, 0.6) is 0 Å². The van der Waals surface area contributed by atoms with Gasteiger partial charge in [-0.3, -0.25) is 4.98 Å². The highest BCUT2D eigenvalue weighted by Crippen LogP contribution is 2.15. The van der Waals surface area contributed by atoms with Crippen LogP contribution in [0.15, 0.2) is 54.4 Å². The number of allylic oxidation sites excluding steroid dienone is 1. The average molecular weight is 237 g/mol. The molecule has 0 aliphatic heterocycles. The molecule has 2 aromatic rings. The van der Waals surface area contributed by atoms with Crippen molar-refractivity contribution in [1.29, 1.82) is 0 Å². The van der Waals surface area contributed by atoms with Gasteiger partial charge in [0, 0.05) is 12.4 Å². The zero-order valence-corrected chi connectivity index (χ0v) is 11.1. The smallest absolute Gasteiger partial charge is 0.0305 e. The highest BCUT2D eigenvalue weighted by atomic mass is 14.6. The van der Waals surface area contributed by atoms with Crippen molar-refractivity contribution in [1.82, 2.24) is 4.98 Å². The lowest BCUT2D eigenvalue weighted by Crippen LogP contribution is -1.90. The fraction of sp³-hybridized carbons (Fsp3) is 0.235. The molecule has 0 radical (unpaired) electrons. The molecule has 0 fully saturated rings. The molecule has 1 aromatic heterocycles. The third-order valence-corrected chi connectivity index (χ3v) is 3.05. The molecule has 92 valence electrons. The Bertz CT molecular complexity index is 526. The summed E-state index contributed by atoms with van der Waals surface area (Å²) in [6.45, 7) is 4.35. The molecule has 0 N–H and O–H groups in total. The largest absolute Gasteiger partial charge is 0.264 e. The Kier molecular flexibility index (Phi) is 4.30. The van der Waals surface area contributed by atoms with Gasteiger partial charge in [0.1, 0.15) is 0 Å². The number of pyridine rings is 1. The second kappa shape index (κ2) is 6.15. The topological polar surface area (TPSA) is 12.9 Å². The molecule has 0 bridgehead atoms. The molecular weight excluding hydrogens is 218 g/mol. The van der Waals surface area contributed by atoms with Crippen LogP contribution in [0.25, 0.3) is 6.08 Å². The Labute approximate surface area is 109 Å². The minimum Gasteiger partial charge on any atom is -0.264 e. The third kappa shape index (κ3) is 3.30. The number of aromatic nitrogens is 1. The summed E-state index contributed by atoms with van der Waals surface area (Å²) in [5.74, 6) is 0. The fourth-order valence-electron chi connectivity index (χ4n) is 2.11. The predicted octanol–water partition coefficient (Wildman–Crippen LogP) is 4.29. The van der Waals surface area contributed by atoms with E-state index in [4.69, 9.17) is 0 Å². The van der Waals surface area contributed by atoms with Gasteiger partial charge in [-0.2, -0.15) is 0 Å². The van der Waals surface area contributed by atoms with E-state index in [0.717, 1.165) is 12.8 Å². The van der Waals surface area contributed by atoms with Gasteiger partial charge in [0.25, 0.3) is 0 Å². The minimum atomic E-state index is 1.01. The maximum absolute atomic E-state index is 4.18. The first kappa shape index (κ1) is 12.6. The highest BCUT2D eigenvalue weighted by Gasteiger charge is 1.99. The zero-order valence-electron chi connectivity index (χ0n) is 11.1. The van der Waals surface area contributed by atoms with Crippen molar-refractivity contribution in [3.05, 3.63) is 71.1 Å². The van der Waals surface area contributed by atoms with E-state index in [9.17, 15) is 0 Å². The minimum absolute atomic E-state index is 1.01. The van der Waals surface area contributed by atoms with E-state index in [2.05, 4.69) is 61.3 Å². The van der Waals surface area contributed by atoms with Gasteiger partial charge in [-0.25, -0.2) is 0 Å². The summed E-state index contributed by atoms with van der Waals surface area (Å²) in [4.78, 5) is 4.18. The molecule has 0 saturated carbocycles. The molecule has 1 heterocycles. The molecule has 18 heavy (non-hydrogen) atoms. The first-order valence-corrected chi connectivity index (χ1v) is 6.43. The first-order valence-electron chi connectivity index (χ1n) is 6.43. The van der Waals surface area contributed by atoms with E-state index in [1.165, 1.54) is 22.3 Å². The molecule has 0 spiro atoms. The van der Waals surface area contributed by atoms with E-state index in [1.807, 2.05) is 12.4 Å². The van der Waals surface area contributed by atoms with Crippen LogP contribution in [0.2, 0.25) is 0 Å². The van der Waals surface area contributed by atoms with Crippen LogP contribution < -0.4 is 0 Å². The number of benzene rings is 1. The number of hydrogen-bond acceptors (Lipinski definition) is 1. The summed E-state index contributed by atoms with van der Waals surface area (Å²) >= 11 is 0. The van der Waals surface area contributed by atoms with Crippen LogP contribution in [-0.2, 0) is 12.8 Å². The Hall–Kier alpha value is -1.89. The molecule has 0 saturated heterocycles. The van der Waals surface area contributed by atoms with E-state index in [-0.39, 0.29) is 0 Å². The van der Waals surface area contributed by atoms with Crippen LogP contribution >= 0.6 is 0 Å². The normalized spacial score (nSPS) is 11.6. The molecule has 2 rings (SSSR count). The fourth-order valence-corrected chi connectivity index (χ4v) is 2.11. The van der Waals surface area contributed by atoms with Crippen molar-refractivity contribution in [2.45, 2.75) is 26.7 Å². The van der Waals surface area contributed by atoms with Crippen molar-refractivity contribution < 1.29 is 0 Å². The van der Waals surface area contributed by atoms with Gasteiger partial charge < -0.3 is 0 Å². The summed E-state index contributed by atoms with van der Waals surface area (Å²) in [5, 5.41) is 0. The van der Waals surface area contributed by atoms with Crippen molar-refractivity contribution in [2.24, 2.45) is 0 Å². The molecular formula is C17H19N. The molecule has 1 nitrogen and oxygen atoms in total. The highest BCUT2D eigenvalue weighted by molar-refractivity contribution is 5.56. The summed E-state index contributed by atoms with van der Waals surface area (Å²) in [7, 11) is 0. The van der Waals surface area contributed by atoms with Gasteiger partial charge >= 0.3 is 0 Å². The summed E-state index contributed by atoms with van der Waals surface area (Å²) in [5.41, 5.74) is 5.34. The maximum Gasteiger partial charge on any atom is 0.0305 e. The number of aryl methyl sites for hydroxylation is 1. The summed E-state index contributed by atoms with van der Waals surface area (Å²) in [6.07, 6.45) is 8.13. The van der Waals surface area contributed by atoms with Crippen LogP contribution in [0.4, 0.5) is 0 Å². The third-order valence-electron chi connectivity index (χ3n) is 3.05. The predicted molar refractivity (Wildman–Crippen MR) is 77.4 cm³/mol. The number of hydrogen-bond donors (Lipinski definition) is 0. The van der Waals surface area contributed by atoms with Crippen LogP contribution in [0.3, 0.4) is 0 Å². The van der Waals surface area contributed by atoms with Gasteiger partial charge in [-0.05, 0) is 42.5 Å². The van der Waals surface area contributed by atoms with Gasteiger partial charge in [0.2, 0.25) is 0 Å². The number of rotatable bonds is 4. The lowest BCUT2D eigenvalue weighted by atomic mass is 10.0. The molecule has 0 amide bonds. The van der Waals surface area contributed by atoms with Crippen molar-refractivity contribution in [2.75, 3.05) is 0 Å². The van der Waals surface area contributed by atoms with Crippen molar-refractivity contribution >= 4 is 6.08 Å². The van der Waals surface area contributed by atoms with Crippen LogP contribution in [-0.4, -0.2) is 4.98 Å². The first-order chi connectivity index (χ1) is 8.79. The second-order valence-electron chi connectivity index (χ2n) is 4.58. The van der Waals surface area contributed by atoms with E-state index in [1.54, 1.807) is 0 Å². The number of nitrogens with zero attached hydrogens (tertiary/aromatic N) is 1. The molecule has 0 atom stereocenters. The van der Waals surface area contributed by atoms with Gasteiger partial charge in [-0.15, -0.1) is 0 Å². The van der Waals surface area contributed by atoms with E-state index in [0.29, 0.717) is 0 Å². The van der Waals surface area contributed by atoms with Gasteiger partial charge in [-0.1, -0.05) is 48.9 Å². The lowest BCUT2D eigenvalue weighted by molar-refractivity contribution is 1.09. The molecule has 0 aliphatic rings. The van der Waals surface area contributed by atoms with Crippen LogP contribution in [0, 0.1) is 0 Å². The Morgan fingerprint density at radius 1 is 1.17 bits per heavy atom. The van der Waals surface area contributed by atoms with Crippen molar-refractivity contribution in [3.8, 4) is 0 Å². The monoisotopic (exact) mass is 237 g/mol. The van der Waals surface area contributed by atoms with E-state index < -0.39 is 0 Å². The second-order valence-corrected chi connectivity index (χ2v) is 4.58. The van der Waals surface area contributed by atoms with Crippen LogP contribution in [0.1, 0.15) is 30.5 Å². The zero-order chi connectivity index (χ0) is 12.8. The van der Waals surface area contributed by atoms with Gasteiger partial charge in [0.05, 0.1) is 0 Å². The van der Waals surface area contributed by atoms with Crippen molar-refractivity contribution in [3.63, 3.8) is 0 Å². The summed E-state index contributed by atoms with van der Waals surface area (Å²) in [6, 6.07) is 12.7. The Morgan fingerprint density at radius 3 is 2.67 bits per heavy atom. The molecule has 0 aliphatic carbocycles. The summed E-state index contributed by atoms with van der Waals surface area (Å²) < 4.78 is 0. The Balaban J connectivity index is 2.18. The molecule has 0 unspecified atom stereocenters. The molecule has 1 heteroatoms. The SMILES string of the molecule is CCc1cnccc1/C=C(/C)Cc1ccccc1. The average Bonchev–Trinajstić information content (AvgIpc) is 2.40. The maximum atomic E-state index is 4.18. The standard InChI is InChI=1S/C17H19N/c1-3-16-13-18-10-9-17(16)12-14(2)11-15-7-5-4-6-8-15/h4-10,12-13H,3,11H2,1-2H3/b14-12-. The quantitative estimate of drug-likeness (QED) is 0.773. The molecule has 1 aromatic carbocycles. The lowest BCUT2D eigenvalue weighted by Gasteiger charge is -2.05.